The molecule has 0 aliphatic carbocycles. The van der Waals surface area contributed by atoms with E-state index in [9.17, 15) is 0 Å². The van der Waals surface area contributed by atoms with E-state index in [0.717, 1.165) is 5.92 Å². The van der Waals surface area contributed by atoms with E-state index in [2.05, 4.69) is 50.4 Å². The van der Waals surface area contributed by atoms with E-state index in [1.54, 1.807) is 0 Å². The third-order valence-electron chi connectivity index (χ3n) is 3.34. The van der Waals surface area contributed by atoms with E-state index in [1.807, 2.05) is 0 Å². The first kappa shape index (κ1) is 10.7. The maximum absolute atomic E-state index is 3.63. The summed E-state index contributed by atoms with van der Waals surface area (Å²) in [6, 6.07) is 8.94. The van der Waals surface area contributed by atoms with Crippen molar-refractivity contribution >= 4 is 0 Å². The van der Waals surface area contributed by atoms with Crippen LogP contribution in [0.25, 0.3) is 0 Å². The van der Waals surface area contributed by atoms with Crippen LogP contribution in [0.15, 0.2) is 24.3 Å². The first-order valence-electron chi connectivity index (χ1n) is 5.94. The summed E-state index contributed by atoms with van der Waals surface area (Å²) in [4.78, 5) is 0. The van der Waals surface area contributed by atoms with E-state index >= 15 is 0 Å². The number of hydrogen-bond acceptors (Lipinski definition) is 1. The van der Waals surface area contributed by atoms with Crippen molar-refractivity contribution < 1.29 is 0 Å². The van der Waals surface area contributed by atoms with Gasteiger partial charge in [-0.05, 0) is 37.8 Å². The quantitative estimate of drug-likeness (QED) is 0.795. The standard InChI is InChI=1S/C14H21N/c1-11(2)10-14(7-8-15-14)13-6-4-5-12(3)9-13/h4-6,9,11,15H,7-8,10H2,1-3H3. The highest BCUT2D eigenvalue weighted by Gasteiger charge is 2.38. The normalized spacial score (nSPS) is 25.3. The Morgan fingerprint density at radius 3 is 2.60 bits per heavy atom. The van der Waals surface area contributed by atoms with Crippen molar-refractivity contribution in [3.8, 4) is 0 Å². The third-order valence-corrected chi connectivity index (χ3v) is 3.34. The fraction of sp³-hybridized carbons (Fsp3) is 0.571. The zero-order chi connectivity index (χ0) is 10.9. The summed E-state index contributed by atoms with van der Waals surface area (Å²) in [5.41, 5.74) is 3.12. The molecule has 2 rings (SSSR count). The van der Waals surface area contributed by atoms with Crippen LogP contribution in [0, 0.1) is 12.8 Å². The first-order chi connectivity index (χ1) is 7.12. The SMILES string of the molecule is Cc1cccc(C2(CC(C)C)CCN2)c1. The smallest absolute Gasteiger partial charge is 0.0449 e. The van der Waals surface area contributed by atoms with Gasteiger partial charge >= 0.3 is 0 Å². The Morgan fingerprint density at radius 1 is 1.40 bits per heavy atom. The van der Waals surface area contributed by atoms with Crippen LogP contribution in [-0.4, -0.2) is 6.54 Å². The maximum atomic E-state index is 3.63. The minimum absolute atomic E-state index is 0.278. The van der Waals surface area contributed by atoms with Crippen LogP contribution < -0.4 is 5.32 Å². The van der Waals surface area contributed by atoms with Crippen molar-refractivity contribution in [2.75, 3.05) is 6.54 Å². The minimum atomic E-state index is 0.278. The van der Waals surface area contributed by atoms with Crippen molar-refractivity contribution in [1.82, 2.24) is 5.32 Å². The molecule has 1 aliphatic heterocycles. The zero-order valence-corrected chi connectivity index (χ0v) is 10.0. The van der Waals surface area contributed by atoms with Crippen molar-refractivity contribution in [3.63, 3.8) is 0 Å². The van der Waals surface area contributed by atoms with Gasteiger partial charge in [-0.3, -0.25) is 0 Å². The molecule has 15 heavy (non-hydrogen) atoms. The zero-order valence-electron chi connectivity index (χ0n) is 10.0. The van der Waals surface area contributed by atoms with Crippen LogP contribution in [0.5, 0.6) is 0 Å². The summed E-state index contributed by atoms with van der Waals surface area (Å²) in [6.07, 6.45) is 2.53. The average molecular weight is 203 g/mol. The van der Waals surface area contributed by atoms with Crippen LogP contribution in [0.4, 0.5) is 0 Å². The highest BCUT2D eigenvalue weighted by molar-refractivity contribution is 5.31. The molecule has 0 aromatic heterocycles. The monoisotopic (exact) mass is 203 g/mol. The lowest BCUT2D eigenvalue weighted by atomic mass is 9.75. The summed E-state index contributed by atoms with van der Waals surface area (Å²) in [7, 11) is 0. The van der Waals surface area contributed by atoms with Gasteiger partial charge < -0.3 is 5.32 Å². The van der Waals surface area contributed by atoms with Gasteiger partial charge in [-0.2, -0.15) is 0 Å². The first-order valence-corrected chi connectivity index (χ1v) is 5.94. The summed E-state index contributed by atoms with van der Waals surface area (Å²) in [5, 5.41) is 3.63. The molecule has 0 radical (unpaired) electrons. The molecule has 0 saturated carbocycles. The van der Waals surface area contributed by atoms with Gasteiger partial charge in [0.25, 0.3) is 0 Å². The van der Waals surface area contributed by atoms with Crippen LogP contribution in [0.2, 0.25) is 0 Å². The van der Waals surface area contributed by atoms with Gasteiger partial charge in [-0.25, -0.2) is 0 Å². The van der Waals surface area contributed by atoms with Crippen LogP contribution in [-0.2, 0) is 5.54 Å². The summed E-state index contributed by atoms with van der Waals surface area (Å²) < 4.78 is 0. The lowest BCUT2D eigenvalue weighted by Gasteiger charge is -2.45. The Labute approximate surface area is 92.9 Å². The Hall–Kier alpha value is -0.820. The van der Waals surface area contributed by atoms with Gasteiger partial charge in [0.2, 0.25) is 0 Å². The molecule has 0 bridgehead atoms. The Balaban J connectivity index is 2.26. The number of benzene rings is 1. The maximum Gasteiger partial charge on any atom is 0.0449 e. The summed E-state index contributed by atoms with van der Waals surface area (Å²) in [6.45, 7) is 7.95. The van der Waals surface area contributed by atoms with E-state index in [1.165, 1.54) is 30.5 Å². The lowest BCUT2D eigenvalue weighted by Crippen LogP contribution is -2.54. The number of nitrogens with one attached hydrogen (secondary N) is 1. The Kier molecular flexibility index (Phi) is 2.83. The molecule has 1 heterocycles. The lowest BCUT2D eigenvalue weighted by molar-refractivity contribution is 0.170. The fourth-order valence-electron chi connectivity index (χ4n) is 2.60. The molecule has 1 saturated heterocycles. The molecule has 0 spiro atoms. The summed E-state index contributed by atoms with van der Waals surface area (Å²) in [5.74, 6) is 0.748. The van der Waals surface area contributed by atoms with Gasteiger partial charge in [0, 0.05) is 5.54 Å². The molecular formula is C14H21N. The molecule has 1 atom stereocenters. The number of aryl methyl sites for hydroxylation is 1. The van der Waals surface area contributed by atoms with E-state index in [0.29, 0.717) is 0 Å². The number of hydrogen-bond donors (Lipinski definition) is 1. The van der Waals surface area contributed by atoms with E-state index < -0.39 is 0 Å². The predicted octanol–water partition coefficient (Wildman–Crippen LogP) is 3.23. The molecule has 1 aliphatic rings. The third kappa shape index (κ3) is 2.07. The predicted molar refractivity (Wildman–Crippen MR) is 64.9 cm³/mol. The van der Waals surface area contributed by atoms with Crippen molar-refractivity contribution in [1.29, 1.82) is 0 Å². The fourth-order valence-corrected chi connectivity index (χ4v) is 2.60. The average Bonchev–Trinajstić information content (AvgIpc) is 2.11. The number of rotatable bonds is 3. The van der Waals surface area contributed by atoms with Crippen LogP contribution >= 0.6 is 0 Å². The largest absolute Gasteiger partial charge is 0.307 e. The van der Waals surface area contributed by atoms with Crippen LogP contribution in [0.1, 0.15) is 37.8 Å². The topological polar surface area (TPSA) is 12.0 Å². The summed E-state index contributed by atoms with van der Waals surface area (Å²) >= 11 is 0. The van der Waals surface area contributed by atoms with Gasteiger partial charge in [0.15, 0.2) is 0 Å². The second kappa shape index (κ2) is 3.97. The molecule has 1 heteroatoms. The Bertz CT molecular complexity index is 337. The molecule has 1 nitrogen and oxygen atoms in total. The van der Waals surface area contributed by atoms with Gasteiger partial charge in [-0.15, -0.1) is 0 Å². The highest BCUT2D eigenvalue weighted by Crippen LogP contribution is 2.37. The van der Waals surface area contributed by atoms with E-state index in [4.69, 9.17) is 0 Å². The van der Waals surface area contributed by atoms with E-state index in [-0.39, 0.29) is 5.54 Å². The van der Waals surface area contributed by atoms with Crippen molar-refractivity contribution in [3.05, 3.63) is 35.4 Å². The van der Waals surface area contributed by atoms with Gasteiger partial charge in [-0.1, -0.05) is 43.7 Å². The van der Waals surface area contributed by atoms with Gasteiger partial charge in [0.05, 0.1) is 0 Å². The molecule has 1 aromatic carbocycles. The highest BCUT2D eigenvalue weighted by atomic mass is 15.0. The molecule has 1 N–H and O–H groups in total. The van der Waals surface area contributed by atoms with Crippen LogP contribution in [0.3, 0.4) is 0 Å². The molecule has 1 fully saturated rings. The molecule has 1 aromatic rings. The Morgan fingerprint density at radius 2 is 2.13 bits per heavy atom. The molecule has 0 amide bonds. The van der Waals surface area contributed by atoms with Crippen molar-refractivity contribution in [2.45, 2.75) is 39.2 Å². The molecular weight excluding hydrogens is 182 g/mol. The second-order valence-electron chi connectivity index (χ2n) is 5.23. The minimum Gasteiger partial charge on any atom is -0.307 e. The second-order valence-corrected chi connectivity index (χ2v) is 5.23. The molecule has 1 unspecified atom stereocenters. The van der Waals surface area contributed by atoms with Gasteiger partial charge in [0.1, 0.15) is 0 Å². The van der Waals surface area contributed by atoms with Crippen molar-refractivity contribution in [2.24, 2.45) is 5.92 Å². The molecule has 82 valence electrons.